The predicted molar refractivity (Wildman–Crippen MR) is 80.4 cm³/mol. The third-order valence-corrected chi connectivity index (χ3v) is 2.88. The van der Waals surface area contributed by atoms with E-state index in [4.69, 9.17) is 4.74 Å². The van der Waals surface area contributed by atoms with Crippen molar-refractivity contribution in [2.45, 2.75) is 6.92 Å². The van der Waals surface area contributed by atoms with Gasteiger partial charge >= 0.3 is 12.1 Å². The molecule has 1 rings (SSSR count). The molecule has 10 heteroatoms. The Morgan fingerprint density at radius 2 is 1.78 bits per heavy atom. The molecule has 126 valence electrons. The van der Waals surface area contributed by atoms with Gasteiger partial charge in [0, 0.05) is 0 Å². The Morgan fingerprint density at radius 3 is 2.39 bits per heavy atom. The van der Waals surface area contributed by atoms with E-state index >= 15 is 0 Å². The van der Waals surface area contributed by atoms with Gasteiger partial charge in [0.05, 0.1) is 24.1 Å². The van der Waals surface area contributed by atoms with E-state index in [2.05, 4.69) is 9.46 Å². The highest BCUT2D eigenvalue weighted by Gasteiger charge is 2.17. The third-order valence-electron chi connectivity index (χ3n) is 2.29. The number of esters is 1. The van der Waals surface area contributed by atoms with Gasteiger partial charge in [0.25, 0.3) is 5.91 Å². The number of rotatable bonds is 6. The molecule has 9 nitrogen and oxygen atoms in total. The highest BCUT2D eigenvalue weighted by molar-refractivity contribution is 7.92. The standard InChI is InChI=1S/C13H16N2O7S/c1-3-21-13(18)14-11(16)8-22-12(17)9-6-4-5-7-10(9)15-23(2,19)20/h4-7,15H,3,8H2,1-2H3,(H,14,16,18). The summed E-state index contributed by atoms with van der Waals surface area (Å²) in [5.41, 5.74) is -0.0485. The molecule has 0 aromatic heterocycles. The summed E-state index contributed by atoms with van der Waals surface area (Å²) in [6.07, 6.45) is -0.0188. The second kappa shape index (κ2) is 8.13. The molecule has 0 aliphatic carbocycles. The van der Waals surface area contributed by atoms with Crippen molar-refractivity contribution in [3.63, 3.8) is 0 Å². The van der Waals surface area contributed by atoms with Crippen molar-refractivity contribution in [2.24, 2.45) is 0 Å². The molecule has 0 spiro atoms. The first-order chi connectivity index (χ1) is 10.7. The highest BCUT2D eigenvalue weighted by Crippen LogP contribution is 2.17. The summed E-state index contributed by atoms with van der Waals surface area (Å²) in [4.78, 5) is 34.3. The van der Waals surface area contributed by atoms with Gasteiger partial charge in [-0.3, -0.25) is 14.8 Å². The topological polar surface area (TPSA) is 128 Å². The van der Waals surface area contributed by atoms with Crippen LogP contribution in [0.4, 0.5) is 10.5 Å². The van der Waals surface area contributed by atoms with Crippen LogP contribution in [0.15, 0.2) is 24.3 Å². The van der Waals surface area contributed by atoms with Crippen molar-refractivity contribution in [2.75, 3.05) is 24.2 Å². The average molecular weight is 344 g/mol. The number of benzene rings is 1. The lowest BCUT2D eigenvalue weighted by Crippen LogP contribution is -2.34. The molecule has 0 aliphatic heterocycles. The lowest BCUT2D eigenvalue weighted by molar-refractivity contribution is -0.123. The van der Waals surface area contributed by atoms with Crippen LogP contribution in [-0.4, -0.2) is 45.9 Å². The number of alkyl carbamates (subject to hydrolysis) is 1. The second-order valence-corrected chi connectivity index (χ2v) is 6.01. The van der Waals surface area contributed by atoms with Gasteiger partial charge in [-0.15, -0.1) is 0 Å². The number of amides is 2. The van der Waals surface area contributed by atoms with Crippen LogP contribution in [0.25, 0.3) is 0 Å². The van der Waals surface area contributed by atoms with Crippen LogP contribution in [0, 0.1) is 0 Å². The molecule has 2 N–H and O–H groups in total. The van der Waals surface area contributed by atoms with E-state index in [1.807, 2.05) is 5.32 Å². The first-order valence-corrected chi connectivity index (χ1v) is 8.32. The maximum Gasteiger partial charge on any atom is 0.413 e. The summed E-state index contributed by atoms with van der Waals surface area (Å²) < 4.78 is 33.9. The SMILES string of the molecule is CCOC(=O)NC(=O)COC(=O)c1ccccc1NS(C)(=O)=O. The minimum Gasteiger partial charge on any atom is -0.452 e. The number of hydrogen-bond donors (Lipinski definition) is 2. The lowest BCUT2D eigenvalue weighted by atomic mass is 10.2. The van der Waals surface area contributed by atoms with Crippen LogP contribution in [0.3, 0.4) is 0 Å². The number of carbonyl (C=O) groups excluding carboxylic acids is 3. The number of para-hydroxylation sites is 1. The van der Waals surface area contributed by atoms with Crippen LogP contribution in [0.2, 0.25) is 0 Å². The average Bonchev–Trinajstić information content (AvgIpc) is 2.44. The molecule has 0 unspecified atom stereocenters. The Morgan fingerprint density at radius 1 is 1.13 bits per heavy atom. The summed E-state index contributed by atoms with van der Waals surface area (Å²) in [6, 6.07) is 5.73. The van der Waals surface area contributed by atoms with Crippen LogP contribution in [-0.2, 0) is 24.3 Å². The van der Waals surface area contributed by atoms with E-state index in [1.165, 1.54) is 24.3 Å². The fourth-order valence-corrected chi connectivity index (χ4v) is 2.05. The molecule has 0 saturated heterocycles. The monoisotopic (exact) mass is 344 g/mol. The van der Waals surface area contributed by atoms with Gasteiger partial charge in [-0.05, 0) is 19.1 Å². The van der Waals surface area contributed by atoms with Gasteiger partial charge in [-0.2, -0.15) is 0 Å². The zero-order chi connectivity index (χ0) is 17.5. The van der Waals surface area contributed by atoms with Crippen LogP contribution < -0.4 is 10.0 Å². The van der Waals surface area contributed by atoms with Crippen molar-refractivity contribution in [3.05, 3.63) is 29.8 Å². The Balaban J connectivity index is 2.69. The van der Waals surface area contributed by atoms with Gasteiger partial charge in [-0.25, -0.2) is 18.0 Å². The molecule has 0 fully saturated rings. The molecule has 0 aliphatic rings. The normalized spacial score (nSPS) is 10.5. The zero-order valence-electron chi connectivity index (χ0n) is 12.5. The lowest BCUT2D eigenvalue weighted by Gasteiger charge is -2.10. The van der Waals surface area contributed by atoms with Gasteiger partial charge in [0.1, 0.15) is 0 Å². The number of ether oxygens (including phenoxy) is 2. The molecule has 2 amide bonds. The van der Waals surface area contributed by atoms with E-state index in [0.717, 1.165) is 6.26 Å². The van der Waals surface area contributed by atoms with Crippen LogP contribution in [0.1, 0.15) is 17.3 Å². The molecular formula is C13H16N2O7S. The number of imide groups is 1. The minimum atomic E-state index is -3.58. The van der Waals surface area contributed by atoms with Gasteiger partial charge < -0.3 is 9.47 Å². The third kappa shape index (κ3) is 6.78. The number of anilines is 1. The molecular weight excluding hydrogens is 328 g/mol. The molecule has 0 heterocycles. The quantitative estimate of drug-likeness (QED) is 0.719. The molecule has 0 atom stereocenters. The highest BCUT2D eigenvalue weighted by atomic mass is 32.2. The first-order valence-electron chi connectivity index (χ1n) is 6.43. The molecule has 0 radical (unpaired) electrons. The van der Waals surface area contributed by atoms with Crippen molar-refractivity contribution < 1.29 is 32.3 Å². The first kappa shape index (κ1) is 18.4. The second-order valence-electron chi connectivity index (χ2n) is 4.26. The predicted octanol–water partition coefficient (Wildman–Crippen LogP) is 0.488. The Kier molecular flexibility index (Phi) is 6.51. The minimum absolute atomic E-state index is 0.0193. The van der Waals surface area contributed by atoms with Gasteiger partial charge in [-0.1, -0.05) is 12.1 Å². The van der Waals surface area contributed by atoms with E-state index in [0.29, 0.717) is 0 Å². The molecule has 0 saturated carbocycles. The maximum atomic E-state index is 11.9. The van der Waals surface area contributed by atoms with Crippen LogP contribution in [0.5, 0.6) is 0 Å². The molecule has 0 bridgehead atoms. The number of hydrogen-bond acceptors (Lipinski definition) is 7. The summed E-state index contributed by atoms with van der Waals surface area (Å²) in [7, 11) is -3.58. The van der Waals surface area contributed by atoms with Crippen molar-refractivity contribution >= 4 is 33.7 Å². The van der Waals surface area contributed by atoms with Gasteiger partial charge in [0.2, 0.25) is 10.0 Å². The van der Waals surface area contributed by atoms with E-state index in [-0.39, 0.29) is 17.9 Å². The summed E-state index contributed by atoms with van der Waals surface area (Å²) >= 11 is 0. The maximum absolute atomic E-state index is 11.9. The van der Waals surface area contributed by atoms with Crippen molar-refractivity contribution in [3.8, 4) is 0 Å². The largest absolute Gasteiger partial charge is 0.452 e. The van der Waals surface area contributed by atoms with Crippen molar-refractivity contribution in [1.29, 1.82) is 0 Å². The molecule has 23 heavy (non-hydrogen) atoms. The van der Waals surface area contributed by atoms with E-state index in [1.54, 1.807) is 6.92 Å². The van der Waals surface area contributed by atoms with Crippen LogP contribution >= 0.6 is 0 Å². The van der Waals surface area contributed by atoms with E-state index < -0.39 is 34.6 Å². The smallest absolute Gasteiger partial charge is 0.413 e. The van der Waals surface area contributed by atoms with Gasteiger partial charge in [0.15, 0.2) is 6.61 Å². The Bertz CT molecular complexity index is 700. The number of sulfonamides is 1. The summed E-state index contributed by atoms with van der Waals surface area (Å²) in [6.45, 7) is 0.935. The fourth-order valence-electron chi connectivity index (χ4n) is 1.48. The fraction of sp³-hybridized carbons (Fsp3) is 0.308. The molecule has 1 aromatic rings. The summed E-state index contributed by atoms with van der Waals surface area (Å²) in [5, 5.41) is 1.85. The number of nitrogens with one attached hydrogen (secondary N) is 2. The summed E-state index contributed by atoms with van der Waals surface area (Å²) in [5.74, 6) is -1.79. The Hall–Kier alpha value is -2.62. The molecule has 1 aromatic carbocycles. The number of carbonyl (C=O) groups is 3. The Labute approximate surface area is 133 Å². The van der Waals surface area contributed by atoms with Crippen molar-refractivity contribution in [1.82, 2.24) is 5.32 Å². The zero-order valence-corrected chi connectivity index (χ0v) is 13.3. The van der Waals surface area contributed by atoms with E-state index in [9.17, 15) is 22.8 Å².